The lowest BCUT2D eigenvalue weighted by Gasteiger charge is -2.25. The van der Waals surface area contributed by atoms with Crippen LogP contribution in [0.2, 0.25) is 0 Å². The van der Waals surface area contributed by atoms with Crippen LogP contribution < -0.4 is 9.64 Å². The van der Waals surface area contributed by atoms with Crippen molar-refractivity contribution in [2.75, 3.05) is 25.1 Å². The molecule has 4 aromatic rings. The third-order valence-corrected chi connectivity index (χ3v) is 7.58. The summed E-state index contributed by atoms with van der Waals surface area (Å²) in [4.78, 5) is 15.3. The normalized spacial score (nSPS) is 18.2. The molecule has 8 nitrogen and oxygen atoms in total. The number of hydrogen-bond donors (Lipinski definition) is 0. The van der Waals surface area contributed by atoms with Gasteiger partial charge in [0.15, 0.2) is 5.82 Å². The SMILES string of the molecule is COc1nc(-c2nc3n(n2)CCC[C@H]3c2ccc3c(c2)N(CC(F)(F)F)CC3(C)C)ccc1-n1cnc(C)c1. The Morgan fingerprint density at radius 2 is 1.92 bits per heavy atom. The number of aromatic nitrogens is 6. The molecule has 0 aliphatic carbocycles. The van der Waals surface area contributed by atoms with E-state index in [1.807, 2.05) is 66.5 Å². The number of methoxy groups -OCH3 is 1. The number of benzene rings is 1. The van der Waals surface area contributed by atoms with Gasteiger partial charge in [-0.05, 0) is 49.1 Å². The first-order valence-corrected chi connectivity index (χ1v) is 13.0. The Hall–Kier alpha value is -3.89. The molecule has 2 aliphatic heterocycles. The molecule has 0 radical (unpaired) electrons. The van der Waals surface area contributed by atoms with Crippen molar-refractivity contribution in [2.45, 2.75) is 57.7 Å². The van der Waals surface area contributed by atoms with Gasteiger partial charge in [-0.3, -0.25) is 0 Å². The van der Waals surface area contributed by atoms with Crippen LogP contribution in [0.15, 0.2) is 42.9 Å². The van der Waals surface area contributed by atoms with E-state index in [9.17, 15) is 13.2 Å². The van der Waals surface area contributed by atoms with E-state index in [0.29, 0.717) is 29.6 Å². The number of imidazole rings is 1. The minimum atomic E-state index is -4.27. The number of ether oxygens (including phenoxy) is 1. The highest BCUT2D eigenvalue weighted by molar-refractivity contribution is 5.64. The number of halogens is 3. The van der Waals surface area contributed by atoms with Gasteiger partial charge in [-0.25, -0.2) is 19.6 Å². The minimum Gasteiger partial charge on any atom is -0.479 e. The van der Waals surface area contributed by atoms with Crippen molar-refractivity contribution >= 4 is 5.69 Å². The van der Waals surface area contributed by atoms with Crippen molar-refractivity contribution < 1.29 is 17.9 Å². The van der Waals surface area contributed by atoms with Gasteiger partial charge in [0.1, 0.15) is 23.8 Å². The third-order valence-electron chi connectivity index (χ3n) is 7.58. The summed E-state index contributed by atoms with van der Waals surface area (Å²) in [6, 6.07) is 9.71. The van der Waals surface area contributed by atoms with E-state index < -0.39 is 12.7 Å². The lowest BCUT2D eigenvalue weighted by Crippen LogP contribution is -2.36. The van der Waals surface area contributed by atoms with E-state index in [4.69, 9.17) is 14.8 Å². The molecule has 1 aromatic carbocycles. The molecule has 0 unspecified atom stereocenters. The lowest BCUT2D eigenvalue weighted by atomic mass is 9.84. The van der Waals surface area contributed by atoms with Gasteiger partial charge >= 0.3 is 6.18 Å². The van der Waals surface area contributed by atoms with Gasteiger partial charge < -0.3 is 14.2 Å². The molecule has 0 saturated heterocycles. The number of alkyl halides is 3. The maximum atomic E-state index is 13.4. The second kappa shape index (κ2) is 9.10. The summed E-state index contributed by atoms with van der Waals surface area (Å²) in [5.74, 6) is 1.65. The predicted molar refractivity (Wildman–Crippen MR) is 140 cm³/mol. The molecule has 11 heteroatoms. The molecule has 3 aromatic heterocycles. The topological polar surface area (TPSA) is 73.9 Å². The van der Waals surface area contributed by atoms with Crippen molar-refractivity contribution in [1.82, 2.24) is 29.3 Å². The highest BCUT2D eigenvalue weighted by Crippen LogP contribution is 2.44. The molecule has 0 spiro atoms. The number of fused-ring (bicyclic) bond motifs is 2. The van der Waals surface area contributed by atoms with Crippen LogP contribution in [0.5, 0.6) is 5.88 Å². The first-order valence-electron chi connectivity index (χ1n) is 13.0. The van der Waals surface area contributed by atoms with E-state index in [0.717, 1.165) is 47.7 Å². The second-order valence-electron chi connectivity index (χ2n) is 11.0. The van der Waals surface area contributed by atoms with Gasteiger partial charge in [0.2, 0.25) is 5.88 Å². The molecule has 6 rings (SSSR count). The standard InChI is InChI=1S/C28H30F3N7O/c1-17-13-36(16-32-17)22-10-9-21(33-26(22)39-4)24-34-25-19(6-5-11-38(25)35-24)18-7-8-20-23(12-18)37(14-27(20,2)3)15-28(29,30)31/h7-10,12-13,16,19H,5-6,11,14-15H2,1-4H3/t19-/m0/s1. The van der Waals surface area contributed by atoms with Gasteiger partial charge in [0.25, 0.3) is 0 Å². The predicted octanol–water partition coefficient (Wildman–Crippen LogP) is 5.43. The average Bonchev–Trinajstić information content (AvgIpc) is 3.58. The molecule has 0 bridgehead atoms. The molecule has 0 amide bonds. The van der Waals surface area contributed by atoms with Crippen LogP contribution in [0.1, 0.15) is 55.3 Å². The van der Waals surface area contributed by atoms with Crippen LogP contribution in [0, 0.1) is 6.92 Å². The zero-order valence-corrected chi connectivity index (χ0v) is 22.3. The number of anilines is 1. The van der Waals surface area contributed by atoms with Crippen molar-refractivity contribution in [3.8, 4) is 23.1 Å². The highest BCUT2D eigenvalue weighted by Gasteiger charge is 2.41. The van der Waals surface area contributed by atoms with Crippen LogP contribution in [0.4, 0.5) is 18.9 Å². The zero-order chi connectivity index (χ0) is 27.5. The number of nitrogens with zero attached hydrogens (tertiary/aromatic N) is 7. The molecule has 39 heavy (non-hydrogen) atoms. The van der Waals surface area contributed by atoms with Crippen LogP contribution >= 0.6 is 0 Å². The summed E-state index contributed by atoms with van der Waals surface area (Å²) in [5.41, 5.74) is 4.42. The van der Waals surface area contributed by atoms with Crippen LogP contribution in [-0.2, 0) is 12.0 Å². The highest BCUT2D eigenvalue weighted by atomic mass is 19.4. The molecule has 2 aliphatic rings. The Morgan fingerprint density at radius 3 is 2.64 bits per heavy atom. The maximum Gasteiger partial charge on any atom is 0.405 e. The summed E-state index contributed by atoms with van der Waals surface area (Å²) in [6.45, 7) is 5.99. The molecule has 204 valence electrons. The lowest BCUT2D eigenvalue weighted by molar-refractivity contribution is -0.119. The van der Waals surface area contributed by atoms with Crippen LogP contribution in [-0.4, -0.2) is 55.7 Å². The van der Waals surface area contributed by atoms with E-state index in [-0.39, 0.29) is 11.3 Å². The Kier molecular flexibility index (Phi) is 5.92. The fraction of sp³-hybridized carbons (Fsp3) is 0.429. The Bertz CT molecular complexity index is 1540. The first kappa shape index (κ1) is 25.4. The molecular weight excluding hydrogens is 507 g/mol. The van der Waals surface area contributed by atoms with Crippen LogP contribution in [0.3, 0.4) is 0 Å². The van der Waals surface area contributed by atoms with E-state index >= 15 is 0 Å². The second-order valence-corrected chi connectivity index (χ2v) is 11.0. The third kappa shape index (κ3) is 4.63. The van der Waals surface area contributed by atoms with Crippen LogP contribution in [0.25, 0.3) is 17.2 Å². The zero-order valence-electron chi connectivity index (χ0n) is 22.3. The Balaban J connectivity index is 1.35. The summed E-state index contributed by atoms with van der Waals surface area (Å²) in [6.07, 6.45) is 1.07. The first-order chi connectivity index (χ1) is 18.5. The fourth-order valence-electron chi connectivity index (χ4n) is 5.84. The Labute approximate surface area is 224 Å². The van der Waals surface area contributed by atoms with Crippen molar-refractivity contribution in [3.05, 3.63) is 65.5 Å². The summed E-state index contributed by atoms with van der Waals surface area (Å²) in [5, 5.41) is 4.75. The molecule has 0 saturated carbocycles. The van der Waals surface area contributed by atoms with Gasteiger partial charge in [-0.1, -0.05) is 26.0 Å². The fourth-order valence-corrected chi connectivity index (χ4v) is 5.84. The summed E-state index contributed by atoms with van der Waals surface area (Å²) < 4.78 is 49.4. The van der Waals surface area contributed by atoms with Gasteiger partial charge in [0.05, 0.1) is 19.1 Å². The molecule has 0 fully saturated rings. The van der Waals surface area contributed by atoms with Gasteiger partial charge in [0, 0.05) is 36.3 Å². The largest absolute Gasteiger partial charge is 0.479 e. The number of aryl methyl sites for hydroxylation is 2. The van der Waals surface area contributed by atoms with Crippen molar-refractivity contribution in [3.63, 3.8) is 0 Å². The molecular formula is C28H30F3N7O. The number of pyridine rings is 1. The maximum absolute atomic E-state index is 13.4. The quantitative estimate of drug-likeness (QED) is 0.338. The molecule has 1 atom stereocenters. The van der Waals surface area contributed by atoms with E-state index in [1.165, 1.54) is 4.90 Å². The minimum absolute atomic E-state index is 0.0724. The number of hydrogen-bond acceptors (Lipinski definition) is 6. The average molecular weight is 538 g/mol. The van der Waals surface area contributed by atoms with Crippen molar-refractivity contribution in [2.24, 2.45) is 0 Å². The van der Waals surface area contributed by atoms with E-state index in [2.05, 4.69) is 9.97 Å². The summed E-state index contributed by atoms with van der Waals surface area (Å²) in [7, 11) is 1.57. The van der Waals surface area contributed by atoms with E-state index in [1.54, 1.807) is 13.4 Å². The van der Waals surface area contributed by atoms with Crippen molar-refractivity contribution in [1.29, 1.82) is 0 Å². The summed E-state index contributed by atoms with van der Waals surface area (Å²) >= 11 is 0. The molecule has 5 heterocycles. The molecule has 0 N–H and O–H groups in total. The monoisotopic (exact) mass is 537 g/mol. The van der Waals surface area contributed by atoms with Gasteiger partial charge in [-0.2, -0.15) is 13.2 Å². The van der Waals surface area contributed by atoms with Gasteiger partial charge in [-0.15, -0.1) is 5.10 Å². The Morgan fingerprint density at radius 1 is 1.10 bits per heavy atom. The smallest absolute Gasteiger partial charge is 0.405 e. The number of rotatable bonds is 5.